The van der Waals surface area contributed by atoms with E-state index in [-0.39, 0.29) is 5.54 Å². The summed E-state index contributed by atoms with van der Waals surface area (Å²) >= 11 is 0. The molecule has 0 bridgehead atoms. The van der Waals surface area contributed by atoms with Crippen molar-refractivity contribution in [1.82, 2.24) is 0 Å². The summed E-state index contributed by atoms with van der Waals surface area (Å²) in [6.07, 6.45) is 3.74. The average molecular weight is 246 g/mol. The third kappa shape index (κ3) is 2.26. The molecular weight excluding hydrogens is 220 g/mol. The quantitative estimate of drug-likeness (QED) is 0.887. The largest absolute Gasteiger partial charge is 0.364 e. The Morgan fingerprint density at radius 3 is 2.67 bits per heavy atom. The molecule has 2 nitrogen and oxygen atoms in total. The van der Waals surface area contributed by atoms with Gasteiger partial charge in [0.25, 0.3) is 0 Å². The summed E-state index contributed by atoms with van der Waals surface area (Å²) in [5.41, 5.74) is 9.04. The fourth-order valence-corrected chi connectivity index (χ4v) is 2.88. The Balaban J connectivity index is 2.44. The number of hydrogen-bond donors (Lipinski definition) is 1. The molecule has 0 saturated heterocycles. The van der Waals surface area contributed by atoms with Crippen LogP contribution in [0.1, 0.15) is 39.2 Å². The predicted molar refractivity (Wildman–Crippen MR) is 79.0 cm³/mol. The van der Waals surface area contributed by atoms with E-state index in [4.69, 9.17) is 5.73 Å². The first kappa shape index (κ1) is 13.4. The van der Waals surface area contributed by atoms with Gasteiger partial charge in [-0.1, -0.05) is 32.0 Å². The fourth-order valence-electron chi connectivity index (χ4n) is 2.88. The Kier molecular flexibility index (Phi) is 3.96. The lowest BCUT2D eigenvalue weighted by molar-refractivity contribution is 0.318. The van der Waals surface area contributed by atoms with Gasteiger partial charge in [-0.15, -0.1) is 0 Å². The molecule has 1 aromatic rings. The van der Waals surface area contributed by atoms with E-state index in [1.807, 2.05) is 0 Å². The van der Waals surface area contributed by atoms with Crippen LogP contribution in [0.15, 0.2) is 24.3 Å². The summed E-state index contributed by atoms with van der Waals surface area (Å²) in [6.45, 7) is 8.70. The van der Waals surface area contributed by atoms with Gasteiger partial charge in [0.2, 0.25) is 0 Å². The van der Waals surface area contributed by atoms with Crippen LogP contribution < -0.4 is 10.6 Å². The number of benzene rings is 1. The Labute approximate surface area is 111 Å². The molecule has 1 aromatic carbocycles. The topological polar surface area (TPSA) is 29.3 Å². The second-order valence-electron chi connectivity index (χ2n) is 5.95. The van der Waals surface area contributed by atoms with Crippen molar-refractivity contribution in [3.05, 3.63) is 29.8 Å². The van der Waals surface area contributed by atoms with Crippen molar-refractivity contribution in [3.63, 3.8) is 0 Å². The molecule has 0 spiro atoms. The molecule has 0 amide bonds. The lowest BCUT2D eigenvalue weighted by Gasteiger charge is -2.45. The number of nitrogens with zero attached hydrogens (tertiary/aromatic N) is 1. The molecule has 2 N–H and O–H groups in total. The van der Waals surface area contributed by atoms with E-state index >= 15 is 0 Å². The van der Waals surface area contributed by atoms with Gasteiger partial charge in [0.1, 0.15) is 0 Å². The van der Waals surface area contributed by atoms with Gasteiger partial charge in [-0.3, -0.25) is 0 Å². The molecule has 0 aliphatic carbocycles. The zero-order chi connectivity index (χ0) is 13.2. The molecule has 2 rings (SSSR count). The molecule has 0 fully saturated rings. The maximum absolute atomic E-state index is 6.11. The van der Waals surface area contributed by atoms with E-state index in [9.17, 15) is 0 Å². The van der Waals surface area contributed by atoms with Gasteiger partial charge < -0.3 is 10.6 Å². The summed E-state index contributed by atoms with van der Waals surface area (Å²) in [4.78, 5) is 2.56. The van der Waals surface area contributed by atoms with Crippen LogP contribution in [-0.4, -0.2) is 18.6 Å². The molecule has 2 heteroatoms. The van der Waals surface area contributed by atoms with E-state index < -0.39 is 0 Å². The number of para-hydroxylation sites is 1. The van der Waals surface area contributed by atoms with Crippen LogP contribution in [0.5, 0.6) is 0 Å². The molecule has 1 atom stereocenters. The summed E-state index contributed by atoms with van der Waals surface area (Å²) < 4.78 is 0. The van der Waals surface area contributed by atoms with Gasteiger partial charge in [-0.25, -0.2) is 0 Å². The molecule has 0 radical (unpaired) electrons. The minimum absolute atomic E-state index is 0.0560. The van der Waals surface area contributed by atoms with Crippen LogP contribution in [-0.2, 0) is 6.42 Å². The van der Waals surface area contributed by atoms with E-state index in [1.165, 1.54) is 30.5 Å². The Morgan fingerprint density at radius 1 is 1.28 bits per heavy atom. The molecule has 1 aliphatic rings. The highest BCUT2D eigenvalue weighted by molar-refractivity contribution is 5.56. The zero-order valence-electron chi connectivity index (χ0n) is 11.9. The van der Waals surface area contributed by atoms with E-state index in [0.29, 0.717) is 12.5 Å². The van der Waals surface area contributed by atoms with Crippen LogP contribution in [0.3, 0.4) is 0 Å². The van der Waals surface area contributed by atoms with Crippen molar-refractivity contribution in [3.8, 4) is 0 Å². The van der Waals surface area contributed by atoms with Gasteiger partial charge in [0.15, 0.2) is 0 Å². The SMILES string of the molecule is CC(C)C(C)(CN)N1CCCCc2ccccc21. The number of fused-ring (bicyclic) bond motifs is 1. The number of anilines is 1. The number of nitrogens with two attached hydrogens (primary N) is 1. The smallest absolute Gasteiger partial charge is 0.0518 e. The Hall–Kier alpha value is -1.02. The van der Waals surface area contributed by atoms with Crippen LogP contribution in [0.25, 0.3) is 0 Å². The first-order valence-electron chi connectivity index (χ1n) is 7.15. The van der Waals surface area contributed by atoms with Gasteiger partial charge >= 0.3 is 0 Å². The maximum Gasteiger partial charge on any atom is 0.0518 e. The molecule has 1 aliphatic heterocycles. The Morgan fingerprint density at radius 2 is 2.00 bits per heavy atom. The number of hydrogen-bond acceptors (Lipinski definition) is 2. The molecule has 0 saturated carbocycles. The molecule has 1 unspecified atom stereocenters. The highest BCUT2D eigenvalue weighted by Crippen LogP contribution is 2.34. The van der Waals surface area contributed by atoms with Crippen molar-refractivity contribution >= 4 is 5.69 Å². The highest BCUT2D eigenvalue weighted by atomic mass is 15.2. The third-order valence-electron chi connectivity index (χ3n) is 4.63. The summed E-state index contributed by atoms with van der Waals surface area (Å²) in [7, 11) is 0. The van der Waals surface area contributed by atoms with Crippen molar-refractivity contribution in [2.24, 2.45) is 11.7 Å². The number of aryl methyl sites for hydroxylation is 1. The van der Waals surface area contributed by atoms with Gasteiger partial charge in [0.05, 0.1) is 5.54 Å². The average Bonchev–Trinajstić information content (AvgIpc) is 2.60. The Bertz CT molecular complexity index is 400. The van der Waals surface area contributed by atoms with Crippen LogP contribution in [0.4, 0.5) is 5.69 Å². The van der Waals surface area contributed by atoms with Crippen LogP contribution in [0, 0.1) is 5.92 Å². The van der Waals surface area contributed by atoms with Gasteiger partial charge in [-0.05, 0) is 43.7 Å². The third-order valence-corrected chi connectivity index (χ3v) is 4.63. The standard InChI is InChI=1S/C16H26N2/c1-13(2)16(3,12-17)18-11-7-6-9-14-8-4-5-10-15(14)18/h4-5,8,10,13H,6-7,9,11-12,17H2,1-3H3. The van der Waals surface area contributed by atoms with E-state index in [2.05, 4.69) is 49.9 Å². The van der Waals surface area contributed by atoms with Crippen molar-refractivity contribution in [2.75, 3.05) is 18.0 Å². The summed E-state index contributed by atoms with van der Waals surface area (Å²) in [5.74, 6) is 0.550. The lowest BCUT2D eigenvalue weighted by atomic mass is 9.85. The highest BCUT2D eigenvalue weighted by Gasteiger charge is 2.35. The fraction of sp³-hybridized carbons (Fsp3) is 0.625. The van der Waals surface area contributed by atoms with Crippen molar-refractivity contribution in [2.45, 2.75) is 45.6 Å². The minimum Gasteiger partial charge on any atom is -0.364 e. The zero-order valence-corrected chi connectivity index (χ0v) is 11.9. The molecule has 0 aromatic heterocycles. The normalized spacial score (nSPS) is 19.3. The van der Waals surface area contributed by atoms with E-state index in [0.717, 1.165) is 6.54 Å². The van der Waals surface area contributed by atoms with Crippen molar-refractivity contribution in [1.29, 1.82) is 0 Å². The molecular formula is C16H26N2. The van der Waals surface area contributed by atoms with E-state index in [1.54, 1.807) is 0 Å². The number of rotatable bonds is 3. The molecule has 1 heterocycles. The molecule has 100 valence electrons. The van der Waals surface area contributed by atoms with Crippen molar-refractivity contribution < 1.29 is 0 Å². The molecule has 18 heavy (non-hydrogen) atoms. The van der Waals surface area contributed by atoms with Crippen LogP contribution in [0.2, 0.25) is 0 Å². The van der Waals surface area contributed by atoms with Crippen LogP contribution >= 0.6 is 0 Å². The predicted octanol–water partition coefficient (Wildman–Crippen LogP) is 3.20. The first-order chi connectivity index (χ1) is 8.59. The second-order valence-corrected chi connectivity index (χ2v) is 5.95. The second kappa shape index (κ2) is 5.31. The monoisotopic (exact) mass is 246 g/mol. The summed E-state index contributed by atoms with van der Waals surface area (Å²) in [5, 5.41) is 0. The minimum atomic E-state index is 0.0560. The lowest BCUT2D eigenvalue weighted by Crippen LogP contribution is -2.56. The maximum atomic E-state index is 6.11. The first-order valence-corrected chi connectivity index (χ1v) is 7.15. The van der Waals surface area contributed by atoms with Gasteiger partial charge in [0, 0.05) is 18.8 Å². The summed E-state index contributed by atoms with van der Waals surface area (Å²) in [6, 6.07) is 8.83. The van der Waals surface area contributed by atoms with Gasteiger partial charge in [-0.2, -0.15) is 0 Å².